The molecule has 1 aromatic heterocycles. The zero-order valence-corrected chi connectivity index (χ0v) is 16.7. The van der Waals surface area contributed by atoms with Crippen molar-refractivity contribution in [3.05, 3.63) is 51.9 Å². The molecule has 0 fully saturated rings. The number of nitrogens with one attached hydrogen (secondary N) is 1. The van der Waals surface area contributed by atoms with E-state index in [2.05, 4.69) is 5.32 Å². The number of benzene rings is 1. The maximum Gasteiger partial charge on any atom is 0.306 e. The predicted octanol–water partition coefficient (Wildman–Crippen LogP) is 2.87. The smallest absolute Gasteiger partial charge is 0.306 e. The molecule has 29 heavy (non-hydrogen) atoms. The molecule has 1 aliphatic rings. The fourth-order valence-electron chi connectivity index (χ4n) is 3.28. The molecular weight excluding hydrogens is 392 g/mol. The summed E-state index contributed by atoms with van der Waals surface area (Å²) in [6.07, 6.45) is 3.55. The van der Waals surface area contributed by atoms with Gasteiger partial charge < -0.3 is 15.8 Å². The Labute approximate surface area is 172 Å². The van der Waals surface area contributed by atoms with Gasteiger partial charge in [0.25, 0.3) is 11.8 Å². The van der Waals surface area contributed by atoms with Gasteiger partial charge in [-0.1, -0.05) is 30.3 Å². The van der Waals surface area contributed by atoms with Gasteiger partial charge in [-0.15, -0.1) is 11.3 Å². The second kappa shape index (κ2) is 9.47. The molecule has 8 heteroatoms. The molecular formula is C21H22N2O5S. The number of carbonyl (C=O) groups excluding carboxylic acids is 4. The average molecular weight is 414 g/mol. The monoisotopic (exact) mass is 414 g/mol. The number of amides is 2. The van der Waals surface area contributed by atoms with Gasteiger partial charge in [0.15, 0.2) is 12.4 Å². The molecule has 0 saturated carbocycles. The van der Waals surface area contributed by atoms with E-state index in [-0.39, 0.29) is 18.6 Å². The minimum atomic E-state index is -0.634. The highest BCUT2D eigenvalue weighted by Gasteiger charge is 2.25. The Morgan fingerprint density at radius 1 is 1.03 bits per heavy atom. The molecule has 2 amide bonds. The van der Waals surface area contributed by atoms with E-state index in [1.54, 1.807) is 30.3 Å². The van der Waals surface area contributed by atoms with Crippen LogP contribution in [0.3, 0.4) is 0 Å². The fourth-order valence-corrected chi connectivity index (χ4v) is 4.59. The Bertz CT molecular complexity index is 936. The topological polar surface area (TPSA) is 116 Å². The first-order valence-corrected chi connectivity index (χ1v) is 10.3. The Morgan fingerprint density at radius 3 is 2.48 bits per heavy atom. The lowest BCUT2D eigenvalue weighted by molar-refractivity contribution is -0.147. The van der Waals surface area contributed by atoms with Gasteiger partial charge in [-0.25, -0.2) is 0 Å². The summed E-state index contributed by atoms with van der Waals surface area (Å²) < 4.78 is 4.95. The number of hydrogen-bond acceptors (Lipinski definition) is 6. The van der Waals surface area contributed by atoms with Crippen molar-refractivity contribution < 1.29 is 23.9 Å². The van der Waals surface area contributed by atoms with Crippen molar-refractivity contribution in [2.45, 2.75) is 38.5 Å². The van der Waals surface area contributed by atoms with Crippen LogP contribution in [-0.2, 0) is 27.2 Å². The standard InChI is InChI=1S/C21H22N2O5S/c22-20(27)19-14-8-4-5-9-16(14)29-21(19)23-17(25)12-28-18(26)11-10-15(24)13-6-2-1-3-7-13/h1-3,6-7H,4-5,8-12H2,(H2,22,27)(H,23,25). The highest BCUT2D eigenvalue weighted by molar-refractivity contribution is 7.17. The van der Waals surface area contributed by atoms with Gasteiger partial charge >= 0.3 is 5.97 Å². The molecule has 0 unspecified atom stereocenters. The van der Waals surface area contributed by atoms with Crippen molar-refractivity contribution in [3.63, 3.8) is 0 Å². The number of rotatable bonds is 8. The van der Waals surface area contributed by atoms with Crippen molar-refractivity contribution in [1.29, 1.82) is 0 Å². The van der Waals surface area contributed by atoms with Crippen LogP contribution in [0.1, 0.15) is 56.8 Å². The van der Waals surface area contributed by atoms with Crippen LogP contribution in [0.15, 0.2) is 30.3 Å². The molecule has 1 heterocycles. The number of hydrogen-bond donors (Lipinski definition) is 2. The van der Waals surface area contributed by atoms with Gasteiger partial charge in [0.05, 0.1) is 12.0 Å². The molecule has 7 nitrogen and oxygen atoms in total. The largest absolute Gasteiger partial charge is 0.456 e. The van der Waals surface area contributed by atoms with Gasteiger partial charge in [0, 0.05) is 16.9 Å². The molecule has 1 aromatic carbocycles. The van der Waals surface area contributed by atoms with Crippen LogP contribution in [0.5, 0.6) is 0 Å². The van der Waals surface area contributed by atoms with Crippen molar-refractivity contribution in [2.24, 2.45) is 5.73 Å². The van der Waals surface area contributed by atoms with Gasteiger partial charge in [0.2, 0.25) is 0 Å². The normalized spacial score (nSPS) is 12.7. The number of anilines is 1. The van der Waals surface area contributed by atoms with E-state index in [4.69, 9.17) is 10.5 Å². The third-order valence-corrected chi connectivity index (χ3v) is 5.89. The summed E-state index contributed by atoms with van der Waals surface area (Å²) in [6.45, 7) is -0.487. The lowest BCUT2D eigenvalue weighted by Crippen LogP contribution is -2.23. The quantitative estimate of drug-likeness (QED) is 0.509. The number of thiophene rings is 1. The Kier molecular flexibility index (Phi) is 6.77. The van der Waals surface area contributed by atoms with E-state index in [1.165, 1.54) is 11.3 Å². The number of ketones is 1. The van der Waals surface area contributed by atoms with E-state index < -0.39 is 24.4 Å². The van der Waals surface area contributed by atoms with Gasteiger partial charge in [-0.05, 0) is 31.2 Å². The molecule has 0 atom stereocenters. The molecule has 2 aromatic rings. The fraction of sp³-hybridized carbons (Fsp3) is 0.333. The highest BCUT2D eigenvalue weighted by atomic mass is 32.1. The number of fused-ring (bicyclic) bond motifs is 1. The summed E-state index contributed by atoms with van der Waals surface area (Å²) in [4.78, 5) is 48.9. The van der Waals surface area contributed by atoms with E-state index >= 15 is 0 Å². The predicted molar refractivity (Wildman–Crippen MR) is 109 cm³/mol. The minimum Gasteiger partial charge on any atom is -0.456 e. The summed E-state index contributed by atoms with van der Waals surface area (Å²) in [6, 6.07) is 8.66. The van der Waals surface area contributed by atoms with Crippen LogP contribution < -0.4 is 11.1 Å². The van der Waals surface area contributed by atoms with Crippen LogP contribution in [0, 0.1) is 0 Å². The van der Waals surface area contributed by atoms with Crippen molar-refractivity contribution >= 4 is 39.9 Å². The molecule has 3 N–H and O–H groups in total. The Morgan fingerprint density at radius 2 is 1.76 bits per heavy atom. The number of ether oxygens (including phenoxy) is 1. The van der Waals surface area contributed by atoms with E-state index in [9.17, 15) is 19.2 Å². The van der Waals surface area contributed by atoms with Gasteiger partial charge in [-0.3, -0.25) is 19.2 Å². The maximum atomic E-state index is 12.2. The number of carbonyl (C=O) groups is 4. The molecule has 0 spiro atoms. The van der Waals surface area contributed by atoms with Crippen molar-refractivity contribution in [2.75, 3.05) is 11.9 Å². The van der Waals surface area contributed by atoms with E-state index in [0.717, 1.165) is 36.1 Å². The summed E-state index contributed by atoms with van der Waals surface area (Å²) in [5.41, 5.74) is 7.30. The summed E-state index contributed by atoms with van der Waals surface area (Å²) in [5.74, 6) is -1.92. The molecule has 152 valence electrons. The lowest BCUT2D eigenvalue weighted by atomic mass is 9.95. The second-order valence-corrected chi connectivity index (χ2v) is 7.88. The minimum absolute atomic E-state index is 0.00787. The van der Waals surface area contributed by atoms with Crippen LogP contribution >= 0.6 is 11.3 Å². The van der Waals surface area contributed by atoms with Crippen molar-refractivity contribution in [3.8, 4) is 0 Å². The molecule has 0 aliphatic heterocycles. The molecule has 0 bridgehead atoms. The third kappa shape index (κ3) is 5.29. The number of nitrogens with two attached hydrogens (primary N) is 1. The van der Waals surface area contributed by atoms with Crippen LogP contribution in [0.4, 0.5) is 5.00 Å². The van der Waals surface area contributed by atoms with Crippen molar-refractivity contribution in [1.82, 2.24) is 0 Å². The summed E-state index contributed by atoms with van der Waals surface area (Å²) in [7, 11) is 0. The van der Waals surface area contributed by atoms with Crippen LogP contribution in [-0.4, -0.2) is 30.2 Å². The van der Waals surface area contributed by atoms with Crippen LogP contribution in [0.25, 0.3) is 0 Å². The number of primary amides is 1. The second-order valence-electron chi connectivity index (χ2n) is 6.78. The molecule has 0 radical (unpaired) electrons. The Balaban J connectivity index is 1.50. The first-order valence-electron chi connectivity index (χ1n) is 9.43. The highest BCUT2D eigenvalue weighted by Crippen LogP contribution is 2.37. The summed E-state index contributed by atoms with van der Waals surface area (Å²) in [5, 5.41) is 3.04. The van der Waals surface area contributed by atoms with Gasteiger partial charge in [-0.2, -0.15) is 0 Å². The average Bonchev–Trinajstić information content (AvgIpc) is 3.09. The summed E-state index contributed by atoms with van der Waals surface area (Å²) >= 11 is 1.35. The van der Waals surface area contributed by atoms with E-state index in [1.807, 2.05) is 0 Å². The zero-order chi connectivity index (χ0) is 20.8. The van der Waals surface area contributed by atoms with Crippen LogP contribution in [0.2, 0.25) is 0 Å². The first kappa shape index (κ1) is 20.7. The third-order valence-electron chi connectivity index (χ3n) is 4.69. The Hall–Kier alpha value is -3.00. The zero-order valence-electron chi connectivity index (χ0n) is 15.9. The SMILES string of the molecule is NC(=O)c1c(NC(=O)COC(=O)CCC(=O)c2ccccc2)sc2c1CCCC2. The number of Topliss-reactive ketones (excluding diaryl/α,β-unsaturated/α-hetero) is 1. The number of aryl methyl sites for hydroxylation is 1. The lowest BCUT2D eigenvalue weighted by Gasteiger charge is -2.11. The van der Waals surface area contributed by atoms with E-state index in [0.29, 0.717) is 16.1 Å². The molecule has 1 aliphatic carbocycles. The van der Waals surface area contributed by atoms with Gasteiger partial charge in [0.1, 0.15) is 5.00 Å². The maximum absolute atomic E-state index is 12.2. The number of esters is 1. The molecule has 0 saturated heterocycles. The first-order chi connectivity index (χ1) is 14.0. The molecule has 3 rings (SSSR count).